The summed E-state index contributed by atoms with van der Waals surface area (Å²) < 4.78 is 25.3. The molecule has 7 nitrogen and oxygen atoms in total. The Labute approximate surface area is 211 Å². The van der Waals surface area contributed by atoms with Gasteiger partial charge in [-0.3, -0.25) is 14.4 Å². The maximum absolute atomic E-state index is 14.6. The number of carbonyl (C=O) groups is 2. The summed E-state index contributed by atoms with van der Waals surface area (Å²) in [7, 11) is 1.50. The summed E-state index contributed by atoms with van der Waals surface area (Å²) in [6.07, 6.45) is 0. The average molecular weight is 499 g/mol. The molecule has 0 bridgehead atoms. The molecule has 1 atom stereocenters. The zero-order valence-electron chi connectivity index (χ0n) is 20.3. The minimum Gasteiger partial charge on any atom is -0.450 e. The van der Waals surface area contributed by atoms with Crippen LogP contribution in [0.5, 0.6) is 0 Å². The number of amides is 2. The second-order valence-electron chi connectivity index (χ2n) is 9.27. The SMILES string of the molecule is COCCN1C(=O)c2oc3ccc(F)cc3c(=O)c2C12C(=O)N(Cc1ccccc1C)c1ccccc12. The summed E-state index contributed by atoms with van der Waals surface area (Å²) in [5.41, 5.74) is 0.666. The van der Waals surface area contributed by atoms with Crippen molar-refractivity contribution in [3.63, 3.8) is 0 Å². The quantitative estimate of drug-likeness (QED) is 0.413. The third-order valence-corrected chi connectivity index (χ3v) is 7.31. The highest BCUT2D eigenvalue weighted by Gasteiger charge is 2.64. The largest absolute Gasteiger partial charge is 0.450 e. The van der Waals surface area contributed by atoms with Crippen molar-refractivity contribution in [3.05, 3.63) is 111 Å². The monoisotopic (exact) mass is 498 g/mol. The van der Waals surface area contributed by atoms with E-state index >= 15 is 0 Å². The van der Waals surface area contributed by atoms with Crippen LogP contribution in [0.3, 0.4) is 0 Å². The number of benzene rings is 3. The van der Waals surface area contributed by atoms with Gasteiger partial charge in [-0.2, -0.15) is 0 Å². The lowest BCUT2D eigenvalue weighted by atomic mass is 9.84. The molecule has 0 saturated heterocycles. The predicted octanol–water partition coefficient (Wildman–Crippen LogP) is 4.13. The van der Waals surface area contributed by atoms with E-state index < -0.39 is 28.6 Å². The van der Waals surface area contributed by atoms with Crippen molar-refractivity contribution in [2.45, 2.75) is 19.0 Å². The van der Waals surface area contributed by atoms with Gasteiger partial charge in [0.05, 0.1) is 29.8 Å². The van der Waals surface area contributed by atoms with Crippen molar-refractivity contribution in [2.75, 3.05) is 25.2 Å². The van der Waals surface area contributed by atoms with Crippen LogP contribution in [0.25, 0.3) is 11.0 Å². The lowest BCUT2D eigenvalue weighted by Gasteiger charge is -2.34. The standard InChI is InChI=1S/C29H23FN2O5/c1-17-7-3-4-8-18(17)16-31-22-10-6-5-9-21(22)29(28(31)35)24-25(33)20-15-19(30)11-12-23(20)37-26(24)27(34)32(29)13-14-36-2/h3-12,15H,13-14,16H2,1-2H3. The minimum absolute atomic E-state index is 0.0258. The number of carbonyl (C=O) groups excluding carboxylic acids is 2. The van der Waals surface area contributed by atoms with Gasteiger partial charge in [0.25, 0.3) is 11.8 Å². The smallest absolute Gasteiger partial charge is 0.291 e. The van der Waals surface area contributed by atoms with Crippen LogP contribution in [0.1, 0.15) is 32.8 Å². The van der Waals surface area contributed by atoms with E-state index in [0.29, 0.717) is 11.3 Å². The van der Waals surface area contributed by atoms with Crippen LogP contribution in [0.4, 0.5) is 10.1 Å². The van der Waals surface area contributed by atoms with Crippen LogP contribution in [-0.4, -0.2) is 37.0 Å². The van der Waals surface area contributed by atoms with Gasteiger partial charge in [-0.1, -0.05) is 42.5 Å². The van der Waals surface area contributed by atoms with Crippen LogP contribution < -0.4 is 10.3 Å². The Balaban J connectivity index is 1.66. The van der Waals surface area contributed by atoms with E-state index in [1.165, 1.54) is 18.1 Å². The summed E-state index contributed by atoms with van der Waals surface area (Å²) in [4.78, 5) is 45.3. The summed E-state index contributed by atoms with van der Waals surface area (Å²) >= 11 is 0. The molecule has 0 radical (unpaired) electrons. The second-order valence-corrected chi connectivity index (χ2v) is 9.27. The minimum atomic E-state index is -1.76. The summed E-state index contributed by atoms with van der Waals surface area (Å²) in [5, 5.41) is -0.0258. The number of halogens is 1. The predicted molar refractivity (Wildman–Crippen MR) is 135 cm³/mol. The molecule has 8 heteroatoms. The fourth-order valence-corrected chi connectivity index (χ4v) is 5.56. The number of hydrogen-bond donors (Lipinski definition) is 0. The number of anilines is 1. The molecule has 186 valence electrons. The second kappa shape index (κ2) is 8.38. The molecule has 6 rings (SSSR count). The summed E-state index contributed by atoms with van der Waals surface area (Å²) in [5.74, 6) is -1.85. The Hall–Kier alpha value is -4.30. The molecular weight excluding hydrogens is 475 g/mol. The number of nitrogens with zero attached hydrogens (tertiary/aromatic N) is 2. The number of ether oxygens (including phenoxy) is 1. The van der Waals surface area contributed by atoms with Gasteiger partial charge in [-0.05, 0) is 42.3 Å². The van der Waals surface area contributed by atoms with Crippen molar-refractivity contribution in [1.29, 1.82) is 0 Å². The van der Waals surface area contributed by atoms with E-state index in [1.807, 2.05) is 37.3 Å². The Morgan fingerprint density at radius 3 is 2.54 bits per heavy atom. The Kier molecular flexibility index (Phi) is 5.24. The molecule has 0 aliphatic carbocycles. The summed E-state index contributed by atoms with van der Waals surface area (Å²) in [6.45, 7) is 2.39. The Morgan fingerprint density at radius 2 is 1.76 bits per heavy atom. The highest BCUT2D eigenvalue weighted by atomic mass is 19.1. The first-order valence-electron chi connectivity index (χ1n) is 11.9. The van der Waals surface area contributed by atoms with Crippen LogP contribution in [0, 0.1) is 12.7 Å². The maximum atomic E-state index is 14.6. The summed E-state index contributed by atoms with van der Waals surface area (Å²) in [6, 6.07) is 18.4. The van der Waals surface area contributed by atoms with E-state index in [9.17, 15) is 18.8 Å². The third-order valence-electron chi connectivity index (χ3n) is 7.31. The molecule has 1 unspecified atom stereocenters. The van der Waals surface area contributed by atoms with Crippen LogP contribution in [-0.2, 0) is 21.6 Å². The first-order chi connectivity index (χ1) is 17.9. The van der Waals surface area contributed by atoms with Crippen molar-refractivity contribution in [3.8, 4) is 0 Å². The average Bonchev–Trinajstić information content (AvgIpc) is 3.29. The first-order valence-corrected chi connectivity index (χ1v) is 11.9. The van der Waals surface area contributed by atoms with Gasteiger partial charge in [0.15, 0.2) is 11.0 Å². The molecule has 2 aliphatic rings. The van der Waals surface area contributed by atoms with Gasteiger partial charge >= 0.3 is 0 Å². The van der Waals surface area contributed by atoms with E-state index in [-0.39, 0.29) is 42.0 Å². The van der Waals surface area contributed by atoms with E-state index in [4.69, 9.17) is 9.15 Å². The molecule has 2 amide bonds. The number of rotatable bonds is 5. The maximum Gasteiger partial charge on any atom is 0.291 e. The highest BCUT2D eigenvalue weighted by Crippen LogP contribution is 2.52. The zero-order valence-corrected chi connectivity index (χ0v) is 20.3. The van der Waals surface area contributed by atoms with Gasteiger partial charge in [0.1, 0.15) is 11.4 Å². The van der Waals surface area contributed by atoms with Gasteiger partial charge in [0.2, 0.25) is 5.76 Å². The Bertz CT molecular complexity index is 1660. The molecular formula is C29H23FN2O5. The van der Waals surface area contributed by atoms with Crippen LogP contribution in [0.2, 0.25) is 0 Å². The fraction of sp³-hybridized carbons (Fsp3) is 0.207. The van der Waals surface area contributed by atoms with E-state index in [0.717, 1.165) is 23.3 Å². The molecule has 4 aromatic rings. The lowest BCUT2D eigenvalue weighted by molar-refractivity contribution is -0.126. The van der Waals surface area contributed by atoms with Gasteiger partial charge in [-0.15, -0.1) is 0 Å². The molecule has 37 heavy (non-hydrogen) atoms. The lowest BCUT2D eigenvalue weighted by Crippen LogP contribution is -2.54. The molecule has 0 saturated carbocycles. The van der Waals surface area contributed by atoms with Gasteiger partial charge in [-0.25, -0.2) is 4.39 Å². The topological polar surface area (TPSA) is 80.1 Å². The molecule has 3 heterocycles. The van der Waals surface area contributed by atoms with Gasteiger partial charge in [0, 0.05) is 19.2 Å². The van der Waals surface area contributed by atoms with Crippen molar-refractivity contribution in [1.82, 2.24) is 4.90 Å². The van der Waals surface area contributed by atoms with Crippen molar-refractivity contribution >= 4 is 28.5 Å². The molecule has 1 spiro atoms. The highest BCUT2D eigenvalue weighted by molar-refractivity contribution is 6.17. The number of aryl methyl sites for hydroxylation is 1. The zero-order chi connectivity index (χ0) is 25.9. The molecule has 0 N–H and O–H groups in total. The molecule has 1 aromatic heterocycles. The normalized spacial score (nSPS) is 18.2. The van der Waals surface area contributed by atoms with E-state index in [1.54, 1.807) is 23.1 Å². The third kappa shape index (κ3) is 3.12. The molecule has 0 fully saturated rings. The Morgan fingerprint density at radius 1 is 1.00 bits per heavy atom. The number of fused-ring (bicyclic) bond motifs is 5. The number of methoxy groups -OCH3 is 1. The molecule has 3 aromatic carbocycles. The fourth-order valence-electron chi connectivity index (χ4n) is 5.56. The van der Waals surface area contributed by atoms with Gasteiger partial charge < -0.3 is 19.0 Å². The van der Waals surface area contributed by atoms with Crippen molar-refractivity contribution < 1.29 is 23.1 Å². The van der Waals surface area contributed by atoms with Crippen LogP contribution in [0.15, 0.2) is 75.9 Å². The number of para-hydroxylation sites is 1. The van der Waals surface area contributed by atoms with Crippen LogP contribution >= 0.6 is 0 Å². The van der Waals surface area contributed by atoms with E-state index in [2.05, 4.69) is 0 Å². The first kappa shape index (κ1) is 23.1. The van der Waals surface area contributed by atoms with Crippen molar-refractivity contribution in [2.24, 2.45) is 0 Å². The number of hydrogen-bond acceptors (Lipinski definition) is 5. The molecule has 2 aliphatic heterocycles.